The largest absolute Gasteiger partial charge is 0.496 e. The molecular formula is C21H26N2O3. The number of carbonyl (C=O) groups is 2. The molecule has 2 aromatic rings. The molecule has 1 N–H and O–H groups in total. The van der Waals surface area contributed by atoms with Gasteiger partial charge in [0.25, 0.3) is 5.91 Å². The maximum absolute atomic E-state index is 12.6. The first-order chi connectivity index (χ1) is 12.6. The average molecular weight is 354 g/mol. The fourth-order valence-corrected chi connectivity index (χ4v) is 2.75. The predicted molar refractivity (Wildman–Crippen MR) is 103 cm³/mol. The van der Waals surface area contributed by atoms with Crippen molar-refractivity contribution in [1.82, 2.24) is 10.2 Å². The number of hydrogen-bond acceptors (Lipinski definition) is 4. The number of rotatable bonds is 9. The Hall–Kier alpha value is -2.66. The number of ketones is 1. The predicted octanol–water partition coefficient (Wildman–Crippen LogP) is 3.00. The molecule has 2 rings (SSSR count). The van der Waals surface area contributed by atoms with Crippen molar-refractivity contribution >= 4 is 11.7 Å². The lowest BCUT2D eigenvalue weighted by Gasteiger charge is -2.18. The summed E-state index contributed by atoms with van der Waals surface area (Å²) in [5.41, 5.74) is 1.42. The molecule has 2 aromatic carbocycles. The van der Waals surface area contributed by atoms with E-state index in [1.54, 1.807) is 30.3 Å². The van der Waals surface area contributed by atoms with E-state index in [0.717, 1.165) is 19.6 Å². The Kier molecular flexibility index (Phi) is 7.36. The van der Waals surface area contributed by atoms with E-state index >= 15 is 0 Å². The van der Waals surface area contributed by atoms with Gasteiger partial charge in [0.15, 0.2) is 5.78 Å². The van der Waals surface area contributed by atoms with Crippen molar-refractivity contribution in [2.75, 3.05) is 33.3 Å². The Morgan fingerprint density at radius 1 is 1.00 bits per heavy atom. The van der Waals surface area contributed by atoms with Gasteiger partial charge in [0.1, 0.15) is 5.75 Å². The molecule has 0 unspecified atom stereocenters. The zero-order valence-corrected chi connectivity index (χ0v) is 15.6. The Morgan fingerprint density at radius 2 is 1.69 bits per heavy atom. The Morgan fingerprint density at radius 3 is 2.31 bits per heavy atom. The van der Waals surface area contributed by atoms with E-state index in [4.69, 9.17) is 4.74 Å². The Bertz CT molecular complexity index is 740. The van der Waals surface area contributed by atoms with E-state index < -0.39 is 0 Å². The van der Waals surface area contributed by atoms with E-state index in [1.807, 2.05) is 18.2 Å². The standard InChI is InChI=1S/C21H26N2O3/c1-4-23(5-2)14-13-22-21(25)18-15-17(11-12-19(18)26-3)20(24)16-9-7-6-8-10-16/h6-12,15H,4-5,13-14H2,1-3H3,(H,22,25). The molecule has 0 fully saturated rings. The van der Waals surface area contributed by atoms with Gasteiger partial charge in [-0.05, 0) is 31.3 Å². The SMILES string of the molecule is CCN(CC)CCNC(=O)c1cc(C(=O)c2ccccc2)ccc1OC. The molecule has 0 radical (unpaired) electrons. The molecule has 5 heteroatoms. The molecule has 0 aromatic heterocycles. The number of hydrogen-bond donors (Lipinski definition) is 1. The van der Waals surface area contributed by atoms with E-state index in [2.05, 4.69) is 24.1 Å². The highest BCUT2D eigenvalue weighted by Crippen LogP contribution is 2.21. The van der Waals surface area contributed by atoms with Crippen LogP contribution in [0.25, 0.3) is 0 Å². The van der Waals surface area contributed by atoms with Crippen molar-refractivity contribution in [1.29, 1.82) is 0 Å². The number of amides is 1. The minimum Gasteiger partial charge on any atom is -0.496 e. The van der Waals surface area contributed by atoms with Gasteiger partial charge in [-0.15, -0.1) is 0 Å². The van der Waals surface area contributed by atoms with Gasteiger partial charge in [-0.25, -0.2) is 0 Å². The van der Waals surface area contributed by atoms with Crippen LogP contribution in [0.1, 0.15) is 40.1 Å². The molecule has 0 spiro atoms. The summed E-state index contributed by atoms with van der Waals surface area (Å²) >= 11 is 0. The third kappa shape index (κ3) is 4.92. The minimum absolute atomic E-state index is 0.120. The van der Waals surface area contributed by atoms with Crippen LogP contribution in [0.4, 0.5) is 0 Å². The molecule has 0 saturated heterocycles. The van der Waals surface area contributed by atoms with E-state index in [-0.39, 0.29) is 11.7 Å². The van der Waals surface area contributed by atoms with Crippen LogP contribution in [0.15, 0.2) is 48.5 Å². The van der Waals surface area contributed by atoms with Gasteiger partial charge in [0, 0.05) is 24.2 Å². The summed E-state index contributed by atoms with van der Waals surface area (Å²) in [6, 6.07) is 14.0. The van der Waals surface area contributed by atoms with Gasteiger partial charge >= 0.3 is 0 Å². The summed E-state index contributed by atoms with van der Waals surface area (Å²) in [6.07, 6.45) is 0. The van der Waals surface area contributed by atoms with Crippen molar-refractivity contribution < 1.29 is 14.3 Å². The van der Waals surface area contributed by atoms with Crippen molar-refractivity contribution in [2.24, 2.45) is 0 Å². The van der Waals surface area contributed by atoms with Crippen molar-refractivity contribution in [3.8, 4) is 5.75 Å². The van der Waals surface area contributed by atoms with Gasteiger partial charge < -0.3 is 15.0 Å². The molecule has 0 aliphatic carbocycles. The second-order valence-electron chi connectivity index (χ2n) is 5.89. The maximum atomic E-state index is 12.6. The van der Waals surface area contributed by atoms with Crippen LogP contribution in [0, 0.1) is 0 Å². The van der Waals surface area contributed by atoms with Crippen molar-refractivity contribution in [2.45, 2.75) is 13.8 Å². The molecule has 5 nitrogen and oxygen atoms in total. The van der Waals surface area contributed by atoms with Gasteiger partial charge in [-0.2, -0.15) is 0 Å². The van der Waals surface area contributed by atoms with Crippen molar-refractivity contribution in [3.05, 3.63) is 65.2 Å². The van der Waals surface area contributed by atoms with E-state index in [9.17, 15) is 9.59 Å². The molecule has 0 aliphatic rings. The summed E-state index contributed by atoms with van der Waals surface area (Å²) in [7, 11) is 1.51. The van der Waals surface area contributed by atoms with Crippen LogP contribution in [0.3, 0.4) is 0 Å². The molecule has 138 valence electrons. The second kappa shape index (κ2) is 9.73. The summed E-state index contributed by atoms with van der Waals surface area (Å²) in [6.45, 7) is 7.39. The molecular weight excluding hydrogens is 328 g/mol. The van der Waals surface area contributed by atoms with Gasteiger partial charge in [-0.1, -0.05) is 44.2 Å². The minimum atomic E-state index is -0.239. The third-order valence-electron chi connectivity index (χ3n) is 4.35. The zero-order valence-electron chi connectivity index (χ0n) is 15.6. The van der Waals surface area contributed by atoms with E-state index in [0.29, 0.717) is 29.0 Å². The second-order valence-corrected chi connectivity index (χ2v) is 5.89. The quantitative estimate of drug-likeness (QED) is 0.703. The smallest absolute Gasteiger partial charge is 0.255 e. The molecule has 0 bridgehead atoms. The first-order valence-electron chi connectivity index (χ1n) is 8.89. The lowest BCUT2D eigenvalue weighted by molar-refractivity contribution is 0.0946. The molecule has 1 amide bonds. The number of methoxy groups -OCH3 is 1. The third-order valence-corrected chi connectivity index (χ3v) is 4.35. The molecule has 0 atom stereocenters. The number of likely N-dealkylation sites (N-methyl/N-ethyl adjacent to an activating group) is 1. The lowest BCUT2D eigenvalue weighted by Crippen LogP contribution is -2.35. The number of nitrogens with zero attached hydrogens (tertiary/aromatic N) is 1. The van der Waals surface area contributed by atoms with Crippen LogP contribution in [-0.2, 0) is 0 Å². The summed E-state index contributed by atoms with van der Waals surface area (Å²) in [5, 5.41) is 2.91. The summed E-state index contributed by atoms with van der Waals surface area (Å²) < 4.78 is 5.29. The average Bonchev–Trinajstić information content (AvgIpc) is 2.70. The monoisotopic (exact) mass is 354 g/mol. The van der Waals surface area contributed by atoms with Crippen LogP contribution in [0.2, 0.25) is 0 Å². The summed E-state index contributed by atoms with van der Waals surface area (Å²) in [4.78, 5) is 27.4. The number of carbonyl (C=O) groups excluding carboxylic acids is 2. The molecule has 26 heavy (non-hydrogen) atoms. The first-order valence-corrected chi connectivity index (χ1v) is 8.89. The van der Waals surface area contributed by atoms with Gasteiger partial charge in [-0.3, -0.25) is 9.59 Å². The topological polar surface area (TPSA) is 58.6 Å². The van der Waals surface area contributed by atoms with Crippen LogP contribution in [0.5, 0.6) is 5.75 Å². The number of benzene rings is 2. The Labute approximate surface area is 155 Å². The molecule has 0 saturated carbocycles. The first kappa shape index (κ1) is 19.7. The van der Waals surface area contributed by atoms with Crippen LogP contribution in [-0.4, -0.2) is 49.9 Å². The Balaban J connectivity index is 2.16. The molecule has 0 heterocycles. The lowest BCUT2D eigenvalue weighted by atomic mass is 10.0. The number of nitrogens with one attached hydrogen (secondary N) is 1. The fraction of sp³-hybridized carbons (Fsp3) is 0.333. The van der Waals surface area contributed by atoms with E-state index in [1.165, 1.54) is 7.11 Å². The highest BCUT2D eigenvalue weighted by Gasteiger charge is 2.17. The van der Waals surface area contributed by atoms with Crippen LogP contribution >= 0.6 is 0 Å². The highest BCUT2D eigenvalue weighted by atomic mass is 16.5. The molecule has 0 aliphatic heterocycles. The zero-order chi connectivity index (χ0) is 18.9. The maximum Gasteiger partial charge on any atom is 0.255 e. The normalized spacial score (nSPS) is 10.6. The fourth-order valence-electron chi connectivity index (χ4n) is 2.75. The van der Waals surface area contributed by atoms with Crippen LogP contribution < -0.4 is 10.1 Å². The number of ether oxygens (including phenoxy) is 1. The van der Waals surface area contributed by atoms with Gasteiger partial charge in [0.2, 0.25) is 0 Å². The summed E-state index contributed by atoms with van der Waals surface area (Å²) in [5.74, 6) is 0.0945. The van der Waals surface area contributed by atoms with Crippen molar-refractivity contribution in [3.63, 3.8) is 0 Å². The van der Waals surface area contributed by atoms with Gasteiger partial charge in [0.05, 0.1) is 12.7 Å². The highest BCUT2D eigenvalue weighted by molar-refractivity contribution is 6.10.